The maximum atomic E-state index is 5.76. The highest BCUT2D eigenvalue weighted by molar-refractivity contribution is 5.65. The number of nitrogen functional groups attached to an aromatic ring is 1. The largest absolute Gasteiger partial charge is 0.367 e. The Kier molecular flexibility index (Phi) is 2.85. The molecule has 0 aromatic carbocycles. The first-order valence-electron chi connectivity index (χ1n) is 5.18. The van der Waals surface area contributed by atoms with Crippen LogP contribution in [0.1, 0.15) is 19.4 Å². The van der Waals surface area contributed by atoms with Crippen LogP contribution < -0.4 is 5.73 Å². The second-order valence-electron chi connectivity index (χ2n) is 4.10. The molecule has 2 aromatic rings. The summed E-state index contributed by atoms with van der Waals surface area (Å²) >= 11 is 0. The van der Waals surface area contributed by atoms with E-state index in [2.05, 4.69) is 29.0 Å². The SMILES string of the molecule is CC(C)Cc1c(-c2cncnc2)noc1N. The van der Waals surface area contributed by atoms with Crippen molar-refractivity contribution in [2.24, 2.45) is 5.92 Å². The lowest BCUT2D eigenvalue weighted by atomic mass is 10.0. The van der Waals surface area contributed by atoms with Gasteiger partial charge in [-0.2, -0.15) is 0 Å². The summed E-state index contributed by atoms with van der Waals surface area (Å²) in [5.41, 5.74) is 8.27. The van der Waals surface area contributed by atoms with Crippen molar-refractivity contribution in [3.05, 3.63) is 24.3 Å². The predicted octanol–water partition coefficient (Wildman–Crippen LogP) is 1.91. The summed E-state index contributed by atoms with van der Waals surface area (Å²) in [7, 11) is 0. The molecule has 0 amide bonds. The molecule has 84 valence electrons. The van der Waals surface area contributed by atoms with Crippen LogP contribution in [-0.2, 0) is 6.42 Å². The Morgan fingerprint density at radius 3 is 2.62 bits per heavy atom. The van der Waals surface area contributed by atoms with E-state index in [0.717, 1.165) is 23.2 Å². The average Bonchev–Trinajstić information content (AvgIpc) is 2.61. The van der Waals surface area contributed by atoms with E-state index in [1.807, 2.05) is 0 Å². The number of nitrogens with zero attached hydrogens (tertiary/aromatic N) is 3. The molecule has 5 heteroatoms. The summed E-state index contributed by atoms with van der Waals surface area (Å²) < 4.78 is 5.02. The van der Waals surface area contributed by atoms with Gasteiger partial charge in [0, 0.05) is 23.5 Å². The zero-order valence-corrected chi connectivity index (χ0v) is 9.34. The molecule has 0 aliphatic rings. The van der Waals surface area contributed by atoms with Gasteiger partial charge in [-0.1, -0.05) is 19.0 Å². The van der Waals surface area contributed by atoms with Crippen molar-refractivity contribution in [1.29, 1.82) is 0 Å². The third-order valence-corrected chi connectivity index (χ3v) is 2.26. The second kappa shape index (κ2) is 4.30. The van der Waals surface area contributed by atoms with Crippen LogP contribution in [0.5, 0.6) is 0 Å². The van der Waals surface area contributed by atoms with Gasteiger partial charge in [-0.3, -0.25) is 0 Å². The average molecular weight is 218 g/mol. The molecule has 0 atom stereocenters. The number of hydrogen-bond acceptors (Lipinski definition) is 5. The van der Waals surface area contributed by atoms with Crippen molar-refractivity contribution in [1.82, 2.24) is 15.1 Å². The first kappa shape index (κ1) is 10.6. The van der Waals surface area contributed by atoms with Crippen LogP contribution >= 0.6 is 0 Å². The van der Waals surface area contributed by atoms with Crippen molar-refractivity contribution in [3.8, 4) is 11.3 Å². The molecular weight excluding hydrogens is 204 g/mol. The van der Waals surface area contributed by atoms with Gasteiger partial charge in [-0.15, -0.1) is 0 Å². The van der Waals surface area contributed by atoms with Gasteiger partial charge in [0.25, 0.3) is 0 Å². The third-order valence-electron chi connectivity index (χ3n) is 2.26. The topological polar surface area (TPSA) is 77.8 Å². The van der Waals surface area contributed by atoms with Gasteiger partial charge in [0.1, 0.15) is 12.0 Å². The summed E-state index contributed by atoms with van der Waals surface area (Å²) in [5, 5.41) is 3.96. The van der Waals surface area contributed by atoms with Crippen LogP contribution in [0.3, 0.4) is 0 Å². The highest BCUT2D eigenvalue weighted by atomic mass is 16.5. The number of anilines is 1. The molecule has 0 radical (unpaired) electrons. The standard InChI is InChI=1S/C11H14N4O/c1-7(2)3-9-10(15-16-11(9)12)8-4-13-6-14-5-8/h4-7H,3,12H2,1-2H3. The van der Waals surface area contributed by atoms with E-state index in [9.17, 15) is 0 Å². The number of rotatable bonds is 3. The monoisotopic (exact) mass is 218 g/mol. The van der Waals surface area contributed by atoms with Gasteiger partial charge < -0.3 is 10.3 Å². The summed E-state index contributed by atoms with van der Waals surface area (Å²) in [4.78, 5) is 7.91. The van der Waals surface area contributed by atoms with Crippen molar-refractivity contribution >= 4 is 5.88 Å². The van der Waals surface area contributed by atoms with Crippen molar-refractivity contribution in [3.63, 3.8) is 0 Å². The van der Waals surface area contributed by atoms with Crippen LogP contribution in [0.4, 0.5) is 5.88 Å². The van der Waals surface area contributed by atoms with Gasteiger partial charge in [0.2, 0.25) is 5.88 Å². The third kappa shape index (κ3) is 2.03. The zero-order valence-electron chi connectivity index (χ0n) is 9.34. The lowest BCUT2D eigenvalue weighted by molar-refractivity contribution is 0.438. The highest BCUT2D eigenvalue weighted by Crippen LogP contribution is 2.28. The van der Waals surface area contributed by atoms with Gasteiger partial charge in [-0.05, 0) is 12.3 Å². The lowest BCUT2D eigenvalue weighted by Gasteiger charge is -2.04. The van der Waals surface area contributed by atoms with Gasteiger partial charge >= 0.3 is 0 Å². The Hall–Kier alpha value is -1.91. The van der Waals surface area contributed by atoms with Gasteiger partial charge in [0.05, 0.1) is 0 Å². The summed E-state index contributed by atoms with van der Waals surface area (Å²) in [6.07, 6.45) is 5.72. The Morgan fingerprint density at radius 2 is 2.00 bits per heavy atom. The predicted molar refractivity (Wildman–Crippen MR) is 60.5 cm³/mol. The maximum Gasteiger partial charge on any atom is 0.225 e. The molecule has 2 N–H and O–H groups in total. The first-order valence-corrected chi connectivity index (χ1v) is 5.18. The van der Waals surface area contributed by atoms with Crippen LogP contribution in [0.2, 0.25) is 0 Å². The molecule has 0 aliphatic carbocycles. The molecule has 0 fully saturated rings. The van der Waals surface area contributed by atoms with E-state index < -0.39 is 0 Å². The van der Waals surface area contributed by atoms with Crippen molar-refractivity contribution in [2.75, 3.05) is 5.73 Å². The van der Waals surface area contributed by atoms with E-state index >= 15 is 0 Å². The minimum atomic E-state index is 0.382. The van der Waals surface area contributed by atoms with Crippen LogP contribution in [0.25, 0.3) is 11.3 Å². The molecule has 0 saturated carbocycles. The molecule has 2 heterocycles. The molecule has 0 bridgehead atoms. The highest BCUT2D eigenvalue weighted by Gasteiger charge is 2.16. The molecule has 5 nitrogen and oxygen atoms in total. The van der Waals surface area contributed by atoms with Crippen LogP contribution in [0.15, 0.2) is 23.2 Å². The molecule has 16 heavy (non-hydrogen) atoms. The van der Waals surface area contributed by atoms with Crippen molar-refractivity contribution < 1.29 is 4.52 Å². The molecule has 2 aromatic heterocycles. The molecule has 0 spiro atoms. The quantitative estimate of drug-likeness (QED) is 0.851. The molecule has 2 rings (SSSR count). The number of hydrogen-bond donors (Lipinski definition) is 1. The van der Waals surface area contributed by atoms with Crippen LogP contribution in [0, 0.1) is 5.92 Å². The minimum absolute atomic E-state index is 0.382. The Balaban J connectivity index is 2.42. The summed E-state index contributed by atoms with van der Waals surface area (Å²) in [5.74, 6) is 0.873. The van der Waals surface area contributed by atoms with E-state index in [4.69, 9.17) is 10.3 Å². The fourth-order valence-corrected chi connectivity index (χ4v) is 1.58. The smallest absolute Gasteiger partial charge is 0.225 e. The second-order valence-corrected chi connectivity index (χ2v) is 4.10. The zero-order chi connectivity index (χ0) is 11.5. The summed E-state index contributed by atoms with van der Waals surface area (Å²) in [6, 6.07) is 0. The molecule has 0 unspecified atom stereocenters. The Morgan fingerprint density at radius 1 is 1.31 bits per heavy atom. The van der Waals surface area contributed by atoms with E-state index in [-0.39, 0.29) is 0 Å². The van der Waals surface area contributed by atoms with E-state index in [0.29, 0.717) is 11.8 Å². The Bertz CT molecular complexity index is 464. The van der Waals surface area contributed by atoms with Gasteiger partial charge in [0.15, 0.2) is 0 Å². The molecule has 0 aliphatic heterocycles. The Labute approximate surface area is 93.7 Å². The van der Waals surface area contributed by atoms with Crippen LogP contribution in [-0.4, -0.2) is 15.1 Å². The fourth-order valence-electron chi connectivity index (χ4n) is 1.58. The van der Waals surface area contributed by atoms with E-state index in [1.54, 1.807) is 12.4 Å². The lowest BCUT2D eigenvalue weighted by Crippen LogP contribution is -1.98. The van der Waals surface area contributed by atoms with Crippen molar-refractivity contribution in [2.45, 2.75) is 20.3 Å². The number of nitrogens with two attached hydrogens (primary N) is 1. The number of aromatic nitrogens is 3. The summed E-state index contributed by atoms with van der Waals surface area (Å²) in [6.45, 7) is 4.25. The molecule has 0 saturated heterocycles. The fraction of sp³-hybridized carbons (Fsp3) is 0.364. The minimum Gasteiger partial charge on any atom is -0.367 e. The maximum absolute atomic E-state index is 5.76. The molecular formula is C11H14N4O. The van der Waals surface area contributed by atoms with E-state index in [1.165, 1.54) is 6.33 Å². The normalized spacial score (nSPS) is 10.9. The first-order chi connectivity index (χ1) is 7.68. The van der Waals surface area contributed by atoms with Gasteiger partial charge in [-0.25, -0.2) is 9.97 Å².